The second-order valence-corrected chi connectivity index (χ2v) is 2.32. The zero-order chi connectivity index (χ0) is 8.81. The van der Waals surface area contributed by atoms with Crippen LogP contribution in [0.4, 0.5) is 0 Å². The van der Waals surface area contributed by atoms with Crippen LogP contribution in [0, 0.1) is 0 Å². The molecular weight excluding hydrogens is 154 g/mol. The Bertz CT molecular complexity index is 214. The van der Waals surface area contributed by atoms with Gasteiger partial charge in [-0.05, 0) is 14.0 Å². The molecule has 0 aliphatic rings. The molecule has 0 fully saturated rings. The molecule has 66 valence electrons. The quantitative estimate of drug-likeness (QED) is 0.713. The summed E-state index contributed by atoms with van der Waals surface area (Å²) in [6.07, 6.45) is 3.25. The van der Waals surface area contributed by atoms with Gasteiger partial charge in [0.25, 0.3) is 0 Å². The van der Waals surface area contributed by atoms with Crippen LogP contribution in [-0.4, -0.2) is 23.6 Å². The average Bonchev–Trinajstić information content (AvgIpc) is 2.09. The summed E-state index contributed by atoms with van der Waals surface area (Å²) in [6, 6.07) is 0. The van der Waals surface area contributed by atoms with Gasteiger partial charge < -0.3 is 10.1 Å². The van der Waals surface area contributed by atoms with E-state index in [1.807, 2.05) is 14.0 Å². The van der Waals surface area contributed by atoms with Crippen molar-refractivity contribution < 1.29 is 4.74 Å². The Labute approximate surface area is 72.0 Å². The molecule has 0 spiro atoms. The second-order valence-electron chi connectivity index (χ2n) is 2.32. The van der Waals surface area contributed by atoms with E-state index >= 15 is 0 Å². The zero-order valence-corrected chi connectivity index (χ0v) is 7.37. The number of aromatic nitrogens is 2. The molecule has 0 saturated heterocycles. The highest BCUT2D eigenvalue weighted by Gasteiger charge is 2.01. The molecule has 1 rings (SSSR count). The molecule has 0 aromatic carbocycles. The molecule has 0 radical (unpaired) electrons. The van der Waals surface area contributed by atoms with E-state index < -0.39 is 0 Å². The van der Waals surface area contributed by atoms with Gasteiger partial charge >= 0.3 is 0 Å². The summed E-state index contributed by atoms with van der Waals surface area (Å²) in [6.45, 7) is 3.30. The fourth-order valence-electron chi connectivity index (χ4n) is 0.926. The summed E-state index contributed by atoms with van der Waals surface area (Å²) in [4.78, 5) is 7.93. The number of nitrogens with zero attached hydrogens (tertiary/aromatic N) is 2. The molecule has 0 saturated carbocycles. The van der Waals surface area contributed by atoms with Crippen LogP contribution in [0.15, 0.2) is 12.5 Å². The van der Waals surface area contributed by atoms with Crippen molar-refractivity contribution in [3.05, 3.63) is 18.1 Å². The van der Waals surface area contributed by atoms with Crippen LogP contribution in [0.1, 0.15) is 12.5 Å². The summed E-state index contributed by atoms with van der Waals surface area (Å²) < 4.78 is 5.30. The minimum absolute atomic E-state index is 0.633. The van der Waals surface area contributed by atoms with E-state index in [2.05, 4.69) is 15.3 Å². The summed E-state index contributed by atoms with van der Waals surface area (Å²) in [5.74, 6) is 0.668. The summed E-state index contributed by atoms with van der Waals surface area (Å²) in [7, 11) is 1.88. The molecule has 12 heavy (non-hydrogen) atoms. The van der Waals surface area contributed by atoms with Crippen molar-refractivity contribution in [2.24, 2.45) is 0 Å². The Morgan fingerprint density at radius 1 is 1.58 bits per heavy atom. The lowest BCUT2D eigenvalue weighted by Gasteiger charge is -2.06. The number of hydrogen-bond donors (Lipinski definition) is 1. The highest BCUT2D eigenvalue weighted by molar-refractivity contribution is 5.21. The summed E-state index contributed by atoms with van der Waals surface area (Å²) in [5, 5.41) is 3.02. The number of rotatable bonds is 4. The van der Waals surface area contributed by atoms with Crippen molar-refractivity contribution in [2.45, 2.75) is 13.5 Å². The molecule has 0 aliphatic carbocycles. The maximum absolute atomic E-state index is 5.30. The van der Waals surface area contributed by atoms with E-state index in [0.717, 1.165) is 12.1 Å². The monoisotopic (exact) mass is 167 g/mol. The number of hydrogen-bond acceptors (Lipinski definition) is 4. The number of nitrogens with one attached hydrogen (secondary N) is 1. The van der Waals surface area contributed by atoms with Gasteiger partial charge in [0.1, 0.15) is 6.33 Å². The first-order chi connectivity index (χ1) is 5.88. The third kappa shape index (κ3) is 2.17. The first-order valence-corrected chi connectivity index (χ1v) is 3.94. The first-order valence-electron chi connectivity index (χ1n) is 3.94. The topological polar surface area (TPSA) is 47.0 Å². The third-order valence-corrected chi connectivity index (χ3v) is 1.40. The highest BCUT2D eigenvalue weighted by Crippen LogP contribution is 2.11. The lowest BCUT2D eigenvalue weighted by atomic mass is 10.3. The van der Waals surface area contributed by atoms with E-state index in [9.17, 15) is 0 Å². The Morgan fingerprint density at radius 2 is 2.42 bits per heavy atom. The minimum atomic E-state index is 0.633. The van der Waals surface area contributed by atoms with Gasteiger partial charge in [0.05, 0.1) is 6.61 Å². The van der Waals surface area contributed by atoms with Gasteiger partial charge in [-0.25, -0.2) is 9.97 Å². The van der Waals surface area contributed by atoms with Crippen LogP contribution in [0.25, 0.3) is 0 Å². The Kier molecular flexibility index (Phi) is 3.47. The van der Waals surface area contributed by atoms with Gasteiger partial charge in [0.15, 0.2) is 0 Å². The Balaban J connectivity index is 2.77. The van der Waals surface area contributed by atoms with Crippen molar-refractivity contribution in [3.8, 4) is 5.88 Å². The average molecular weight is 167 g/mol. The predicted octanol–water partition coefficient (Wildman–Crippen LogP) is 0.595. The Morgan fingerprint density at radius 3 is 3.08 bits per heavy atom. The normalized spacial score (nSPS) is 9.83. The van der Waals surface area contributed by atoms with E-state index in [1.165, 1.54) is 6.33 Å². The fraction of sp³-hybridized carbons (Fsp3) is 0.500. The van der Waals surface area contributed by atoms with E-state index in [-0.39, 0.29) is 0 Å². The van der Waals surface area contributed by atoms with Crippen LogP contribution >= 0.6 is 0 Å². The predicted molar refractivity (Wildman–Crippen MR) is 46.0 cm³/mol. The molecule has 1 heterocycles. The molecule has 0 unspecified atom stereocenters. The number of ether oxygens (including phenoxy) is 1. The fourth-order valence-corrected chi connectivity index (χ4v) is 0.926. The SMILES string of the molecule is CCOc1ncncc1CNC. The van der Waals surface area contributed by atoms with Gasteiger partial charge in [-0.1, -0.05) is 0 Å². The lowest BCUT2D eigenvalue weighted by Crippen LogP contribution is -2.08. The molecule has 1 N–H and O–H groups in total. The van der Waals surface area contributed by atoms with Crippen LogP contribution in [0.3, 0.4) is 0 Å². The van der Waals surface area contributed by atoms with Gasteiger partial charge in [0, 0.05) is 18.3 Å². The molecule has 0 amide bonds. The molecular formula is C8H13N3O. The molecule has 0 bridgehead atoms. The molecule has 0 atom stereocenters. The second kappa shape index (κ2) is 4.66. The lowest BCUT2D eigenvalue weighted by molar-refractivity contribution is 0.321. The van der Waals surface area contributed by atoms with E-state index in [4.69, 9.17) is 4.74 Å². The largest absolute Gasteiger partial charge is 0.478 e. The first kappa shape index (κ1) is 8.93. The maximum Gasteiger partial charge on any atom is 0.220 e. The highest BCUT2D eigenvalue weighted by atomic mass is 16.5. The molecule has 4 heteroatoms. The van der Waals surface area contributed by atoms with E-state index in [0.29, 0.717) is 12.5 Å². The maximum atomic E-state index is 5.30. The van der Waals surface area contributed by atoms with Gasteiger partial charge in [-0.2, -0.15) is 0 Å². The standard InChI is InChI=1S/C8H13N3O/c1-3-12-8-7(4-9-2)5-10-6-11-8/h5-6,9H,3-4H2,1-2H3. The van der Waals surface area contributed by atoms with E-state index in [1.54, 1.807) is 6.20 Å². The third-order valence-electron chi connectivity index (χ3n) is 1.40. The van der Waals surface area contributed by atoms with Crippen LogP contribution in [0.5, 0.6) is 5.88 Å². The molecule has 1 aromatic rings. The van der Waals surface area contributed by atoms with Crippen molar-refractivity contribution in [1.29, 1.82) is 0 Å². The summed E-state index contributed by atoms with van der Waals surface area (Å²) >= 11 is 0. The van der Waals surface area contributed by atoms with Crippen LogP contribution < -0.4 is 10.1 Å². The van der Waals surface area contributed by atoms with Gasteiger partial charge in [-0.3, -0.25) is 0 Å². The van der Waals surface area contributed by atoms with Crippen LogP contribution in [-0.2, 0) is 6.54 Å². The van der Waals surface area contributed by atoms with Crippen molar-refractivity contribution in [2.75, 3.05) is 13.7 Å². The van der Waals surface area contributed by atoms with Crippen molar-refractivity contribution in [1.82, 2.24) is 15.3 Å². The summed E-state index contributed by atoms with van der Waals surface area (Å²) in [5.41, 5.74) is 0.988. The molecule has 4 nitrogen and oxygen atoms in total. The Hall–Kier alpha value is -1.16. The zero-order valence-electron chi connectivity index (χ0n) is 7.37. The van der Waals surface area contributed by atoms with Crippen molar-refractivity contribution >= 4 is 0 Å². The van der Waals surface area contributed by atoms with Gasteiger partial charge in [-0.15, -0.1) is 0 Å². The van der Waals surface area contributed by atoms with Gasteiger partial charge in [0.2, 0.25) is 5.88 Å². The molecule has 1 aromatic heterocycles. The molecule has 0 aliphatic heterocycles. The minimum Gasteiger partial charge on any atom is -0.478 e. The smallest absolute Gasteiger partial charge is 0.220 e. The van der Waals surface area contributed by atoms with Crippen molar-refractivity contribution in [3.63, 3.8) is 0 Å². The van der Waals surface area contributed by atoms with Crippen LogP contribution in [0.2, 0.25) is 0 Å².